The molecule has 5 heterocycles. The van der Waals surface area contributed by atoms with Gasteiger partial charge in [0.15, 0.2) is 0 Å². The molecule has 5 rings (SSSR count). The largest absolute Gasteiger partial charge is 0.378 e. The SMILES string of the molecule is CC.CC.CC.Cc1ccnc2c1C(C)(C(C)C)OC21CCOC1.Cc1cnn2c1C(C)(C(C)C)OC(C)(C)C2. The highest BCUT2D eigenvalue weighted by Gasteiger charge is 2.55. The Morgan fingerprint density at radius 3 is 1.90 bits per heavy atom. The second-order valence-electron chi connectivity index (χ2n) is 12.0. The summed E-state index contributed by atoms with van der Waals surface area (Å²) in [6.07, 6.45) is 4.75. The minimum absolute atomic E-state index is 0.148. The Balaban J connectivity index is 0.000000339. The van der Waals surface area contributed by atoms with Crippen molar-refractivity contribution < 1.29 is 14.2 Å². The number of hydrogen-bond acceptors (Lipinski definition) is 5. The number of aryl methyl sites for hydroxylation is 2. The Hall–Kier alpha value is -1.76. The van der Waals surface area contributed by atoms with Gasteiger partial charge in [0.05, 0.1) is 41.9 Å². The summed E-state index contributed by atoms with van der Waals surface area (Å²) in [7, 11) is 0. The number of ether oxygens (including phenoxy) is 3. The lowest BCUT2D eigenvalue weighted by molar-refractivity contribution is -0.189. The summed E-state index contributed by atoms with van der Waals surface area (Å²) in [6, 6.07) is 2.08. The lowest BCUT2D eigenvalue weighted by Gasteiger charge is -2.46. The van der Waals surface area contributed by atoms with E-state index in [9.17, 15) is 0 Å². The van der Waals surface area contributed by atoms with Crippen LogP contribution in [-0.2, 0) is 37.6 Å². The molecule has 2 aromatic heterocycles. The smallest absolute Gasteiger partial charge is 0.137 e. The van der Waals surface area contributed by atoms with Gasteiger partial charge in [-0.2, -0.15) is 5.10 Å². The summed E-state index contributed by atoms with van der Waals surface area (Å²) in [5.41, 5.74) is 5.20. The third-order valence-electron chi connectivity index (χ3n) is 8.20. The molecule has 3 unspecified atom stereocenters. The number of pyridine rings is 1. The zero-order valence-electron chi connectivity index (χ0n) is 28.8. The van der Waals surface area contributed by atoms with Gasteiger partial charge in [-0.25, -0.2) is 0 Å². The van der Waals surface area contributed by atoms with E-state index in [0.29, 0.717) is 18.4 Å². The molecule has 3 aliphatic rings. The lowest BCUT2D eigenvalue weighted by atomic mass is 9.82. The van der Waals surface area contributed by atoms with E-state index in [4.69, 9.17) is 14.2 Å². The van der Waals surface area contributed by atoms with Crippen LogP contribution in [0.15, 0.2) is 18.5 Å². The zero-order chi connectivity index (χ0) is 31.1. The van der Waals surface area contributed by atoms with Crippen molar-refractivity contribution in [3.63, 3.8) is 0 Å². The molecule has 1 saturated heterocycles. The Morgan fingerprint density at radius 2 is 1.40 bits per heavy atom. The molecule has 3 aliphatic heterocycles. The fraction of sp³-hybridized carbons (Fsp3) is 0.765. The Labute approximate surface area is 246 Å². The fourth-order valence-corrected chi connectivity index (χ4v) is 5.91. The molecule has 0 aromatic carbocycles. The predicted octanol–water partition coefficient (Wildman–Crippen LogP) is 8.86. The van der Waals surface area contributed by atoms with Gasteiger partial charge in [-0.1, -0.05) is 69.2 Å². The molecule has 2 aromatic rings. The Bertz CT molecular complexity index is 1050. The maximum atomic E-state index is 6.52. The average molecular weight is 560 g/mol. The second-order valence-corrected chi connectivity index (χ2v) is 12.0. The van der Waals surface area contributed by atoms with Crippen molar-refractivity contribution in [3.05, 3.63) is 46.5 Å². The summed E-state index contributed by atoms with van der Waals surface area (Å²) < 4.78 is 20.5. The quantitative estimate of drug-likeness (QED) is 0.368. The van der Waals surface area contributed by atoms with Gasteiger partial charge < -0.3 is 14.2 Å². The van der Waals surface area contributed by atoms with Crippen LogP contribution in [0.1, 0.15) is 131 Å². The Morgan fingerprint density at radius 1 is 0.825 bits per heavy atom. The first-order valence-electron chi connectivity index (χ1n) is 15.7. The fourth-order valence-electron chi connectivity index (χ4n) is 5.91. The van der Waals surface area contributed by atoms with Crippen LogP contribution in [0.3, 0.4) is 0 Å². The minimum Gasteiger partial charge on any atom is -0.378 e. The number of aromatic nitrogens is 3. The van der Waals surface area contributed by atoms with E-state index < -0.39 is 0 Å². The number of hydrogen-bond donors (Lipinski definition) is 0. The van der Waals surface area contributed by atoms with Gasteiger partial charge in [0, 0.05) is 24.8 Å². The minimum atomic E-state index is -0.305. The van der Waals surface area contributed by atoms with Crippen molar-refractivity contribution >= 4 is 0 Å². The van der Waals surface area contributed by atoms with Crippen molar-refractivity contribution in [2.45, 2.75) is 146 Å². The molecule has 0 N–H and O–H groups in total. The summed E-state index contributed by atoms with van der Waals surface area (Å²) in [6.45, 7) is 36.0. The normalized spacial score (nSPS) is 27.2. The molecule has 0 saturated carbocycles. The van der Waals surface area contributed by atoms with Crippen molar-refractivity contribution in [1.29, 1.82) is 0 Å². The Kier molecular flexibility index (Phi) is 13.1. The maximum Gasteiger partial charge on any atom is 0.137 e. The summed E-state index contributed by atoms with van der Waals surface area (Å²) in [4.78, 5) is 4.63. The maximum absolute atomic E-state index is 6.52. The van der Waals surface area contributed by atoms with Crippen LogP contribution in [0.25, 0.3) is 0 Å². The summed E-state index contributed by atoms with van der Waals surface area (Å²) >= 11 is 0. The first-order chi connectivity index (χ1) is 18.8. The molecule has 0 aliphatic carbocycles. The van der Waals surface area contributed by atoms with Crippen LogP contribution < -0.4 is 0 Å². The van der Waals surface area contributed by atoms with E-state index in [2.05, 4.69) is 90.1 Å². The topological polar surface area (TPSA) is 58.4 Å². The van der Waals surface area contributed by atoms with E-state index in [1.807, 2.05) is 53.9 Å². The lowest BCUT2D eigenvalue weighted by Crippen LogP contribution is -2.49. The molecule has 0 bridgehead atoms. The van der Waals surface area contributed by atoms with Crippen LogP contribution in [-0.4, -0.2) is 33.6 Å². The number of nitrogens with zero attached hydrogens (tertiary/aromatic N) is 3. The molecular weight excluding hydrogens is 498 g/mol. The highest BCUT2D eigenvalue weighted by atomic mass is 16.6. The summed E-state index contributed by atoms with van der Waals surface area (Å²) in [5, 5.41) is 4.47. The molecular formula is C34H61N3O3. The van der Waals surface area contributed by atoms with E-state index in [-0.39, 0.29) is 22.4 Å². The van der Waals surface area contributed by atoms with Gasteiger partial charge in [-0.3, -0.25) is 9.67 Å². The van der Waals surface area contributed by atoms with Crippen LogP contribution in [0.2, 0.25) is 0 Å². The average Bonchev–Trinajstić information content (AvgIpc) is 3.60. The van der Waals surface area contributed by atoms with Gasteiger partial charge in [-0.05, 0) is 70.6 Å². The van der Waals surface area contributed by atoms with Gasteiger partial charge in [-0.15, -0.1) is 0 Å². The van der Waals surface area contributed by atoms with E-state index >= 15 is 0 Å². The van der Waals surface area contributed by atoms with Crippen LogP contribution in [0, 0.1) is 25.7 Å². The van der Waals surface area contributed by atoms with Crippen molar-refractivity contribution in [2.75, 3.05) is 13.2 Å². The zero-order valence-corrected chi connectivity index (χ0v) is 28.8. The van der Waals surface area contributed by atoms with Crippen molar-refractivity contribution in [3.8, 4) is 0 Å². The highest BCUT2D eigenvalue weighted by molar-refractivity contribution is 5.42. The van der Waals surface area contributed by atoms with Crippen molar-refractivity contribution in [2.24, 2.45) is 11.8 Å². The second kappa shape index (κ2) is 14.4. The first-order valence-corrected chi connectivity index (χ1v) is 15.7. The number of fused-ring (bicyclic) bond motifs is 3. The third kappa shape index (κ3) is 6.82. The molecule has 0 amide bonds. The van der Waals surface area contributed by atoms with Crippen molar-refractivity contribution in [1.82, 2.24) is 14.8 Å². The van der Waals surface area contributed by atoms with Gasteiger partial charge >= 0.3 is 0 Å². The molecule has 0 radical (unpaired) electrons. The van der Waals surface area contributed by atoms with Gasteiger partial charge in [0.1, 0.15) is 11.2 Å². The molecule has 1 fully saturated rings. The van der Waals surface area contributed by atoms with E-state index in [1.54, 1.807) is 0 Å². The first kappa shape index (κ1) is 36.3. The summed E-state index contributed by atoms with van der Waals surface area (Å²) in [5.74, 6) is 0.848. The van der Waals surface area contributed by atoms with Gasteiger partial charge in [0.25, 0.3) is 0 Å². The van der Waals surface area contributed by atoms with E-state index in [0.717, 1.165) is 25.3 Å². The van der Waals surface area contributed by atoms with Crippen LogP contribution >= 0.6 is 0 Å². The standard InChI is InChI=1S/C15H21NO2.C13H22N2O.3C2H6/c1-10(2)14(4)12-11(3)5-7-16-13(12)15(18-14)6-8-17-9-15;1-9(2)13(6)11-10(3)7-14-15(11)8-12(4,5)16-13;3*1-2/h5,7,10H,6,8-9H2,1-4H3;7,9H,8H2,1-6H3;3*1-2H3. The molecule has 6 nitrogen and oxygen atoms in total. The molecule has 1 spiro atoms. The molecule has 40 heavy (non-hydrogen) atoms. The van der Waals surface area contributed by atoms with Crippen LogP contribution in [0.5, 0.6) is 0 Å². The number of rotatable bonds is 2. The van der Waals surface area contributed by atoms with Crippen LogP contribution in [0.4, 0.5) is 0 Å². The predicted molar refractivity (Wildman–Crippen MR) is 168 cm³/mol. The monoisotopic (exact) mass is 559 g/mol. The molecule has 3 atom stereocenters. The molecule has 6 heteroatoms. The molecule has 230 valence electrons. The highest BCUT2D eigenvalue weighted by Crippen LogP contribution is 2.53. The van der Waals surface area contributed by atoms with E-state index in [1.165, 1.54) is 22.4 Å². The van der Waals surface area contributed by atoms with Gasteiger partial charge in [0.2, 0.25) is 0 Å². The third-order valence-corrected chi connectivity index (χ3v) is 8.20.